The van der Waals surface area contributed by atoms with Crippen LogP contribution in [0.5, 0.6) is 0 Å². The quantitative estimate of drug-likeness (QED) is 0.0125. The van der Waals surface area contributed by atoms with Gasteiger partial charge in [0.05, 0.1) is 5.69 Å². The largest absolute Gasteiger partial charge is 0.397 e. The molecule has 0 fully saturated rings. The Labute approximate surface area is 557 Å². The lowest BCUT2D eigenvalue weighted by Gasteiger charge is -2.28. The van der Waals surface area contributed by atoms with Gasteiger partial charge in [-0.1, -0.05) is 6.42 Å². The van der Waals surface area contributed by atoms with Crippen LogP contribution in [0.15, 0.2) is 52.5 Å². The Morgan fingerprint density at radius 3 is 0.979 bits per heavy atom. The van der Waals surface area contributed by atoms with Crippen molar-refractivity contribution in [2.75, 3.05) is 58.1 Å². The van der Waals surface area contributed by atoms with Gasteiger partial charge in [0.25, 0.3) is 5.91 Å². The van der Waals surface area contributed by atoms with Crippen LogP contribution in [0.1, 0.15) is 132 Å². The van der Waals surface area contributed by atoms with Crippen LogP contribution in [-0.2, 0) is 50.8 Å². The van der Waals surface area contributed by atoms with Crippen LogP contribution < -0.4 is 129 Å². The number of guanidine groups is 6. The molecule has 0 bridgehead atoms. The number of aliphatic imine (C=N–C) groups is 6. The minimum absolute atomic E-state index is 0.000473. The molecule has 0 aliphatic carbocycles. The third kappa shape index (κ3) is 38.5. The zero-order chi connectivity index (χ0) is 71.3. The van der Waals surface area contributed by atoms with E-state index >= 15 is 0 Å². The number of anilines is 1. The topological polar surface area (TPSA) is 727 Å². The number of carbonyl (C=O) groups excluding carboxylic acids is 9. The smallest absolute Gasteiger partial charge is 0.251 e. The molecule has 7 atom stereocenters. The van der Waals surface area contributed by atoms with Crippen molar-refractivity contribution in [1.29, 1.82) is 0 Å². The fraction of sp³-hybridized carbons (Fsp3) is 0.618. The fourth-order valence-corrected chi connectivity index (χ4v) is 9.13. The molecule has 7 unspecified atom stereocenters. The number of carbonyl (C=O) groups is 9. The molecule has 532 valence electrons. The molecule has 38 N–H and O–H groups in total. The maximum Gasteiger partial charge on any atom is 0.251 e. The summed E-state index contributed by atoms with van der Waals surface area (Å²) in [6, 6.07) is -5.03. The number of nitrogens with two attached hydrogens (primary N) is 15. The van der Waals surface area contributed by atoms with Crippen molar-refractivity contribution in [3.8, 4) is 0 Å². The van der Waals surface area contributed by atoms with Crippen LogP contribution in [0, 0.1) is 0 Å². The molecule has 0 aliphatic heterocycles. The van der Waals surface area contributed by atoms with Crippen molar-refractivity contribution in [3.63, 3.8) is 0 Å². The second-order valence-corrected chi connectivity index (χ2v) is 22.0. The Bertz CT molecular complexity index is 2810. The minimum Gasteiger partial charge on any atom is -0.397 e. The maximum absolute atomic E-state index is 14.7. The first-order valence-electron chi connectivity index (χ1n) is 31.0. The van der Waals surface area contributed by atoms with Crippen molar-refractivity contribution in [2.45, 2.75) is 164 Å². The van der Waals surface area contributed by atoms with E-state index in [2.05, 4.69) is 76.9 Å². The van der Waals surface area contributed by atoms with Gasteiger partial charge in [0, 0.05) is 70.2 Å². The Kier molecular flexibility index (Phi) is 41.6. The third-order valence-electron chi connectivity index (χ3n) is 13.9. The van der Waals surface area contributed by atoms with E-state index in [9.17, 15) is 43.2 Å². The van der Waals surface area contributed by atoms with E-state index in [4.69, 9.17) is 98.4 Å². The van der Waals surface area contributed by atoms with Crippen molar-refractivity contribution in [2.24, 2.45) is 115 Å². The molecule has 40 heteroatoms. The lowest BCUT2D eigenvalue weighted by atomic mass is 10.0. The summed E-state index contributed by atoms with van der Waals surface area (Å²) < 4.78 is 3.65. The molecule has 0 aromatic heterocycles. The summed E-state index contributed by atoms with van der Waals surface area (Å²) in [5.41, 5.74) is 84.8. The molecule has 1 aromatic carbocycles. The lowest BCUT2D eigenvalue weighted by molar-refractivity contribution is -0.136. The molecule has 0 saturated carbocycles. The van der Waals surface area contributed by atoms with E-state index in [1.54, 1.807) is 0 Å². The minimum atomic E-state index is -1.49. The van der Waals surface area contributed by atoms with Gasteiger partial charge in [-0.05, 0) is 134 Å². The van der Waals surface area contributed by atoms with Gasteiger partial charge >= 0.3 is 0 Å². The molecule has 0 radical (unpaired) electrons. The Balaban J connectivity index is 3.72. The average Bonchev–Trinajstić information content (AvgIpc) is 1.27. The van der Waals surface area contributed by atoms with Crippen LogP contribution in [-0.4, -0.2) is 184 Å². The van der Waals surface area contributed by atoms with Crippen LogP contribution in [0.3, 0.4) is 0 Å². The van der Waals surface area contributed by atoms with Gasteiger partial charge in [0.2, 0.25) is 47.3 Å². The number of hydrogen-bond acceptors (Lipinski definition) is 19. The monoisotopic (exact) mass is 1360 g/mol. The zero-order valence-corrected chi connectivity index (χ0v) is 54.6. The number of nitrogens with zero attached hydrogens (tertiary/aromatic N) is 7. The van der Waals surface area contributed by atoms with Gasteiger partial charge in [-0.3, -0.25) is 73.1 Å². The van der Waals surface area contributed by atoms with Crippen molar-refractivity contribution < 1.29 is 43.2 Å². The van der Waals surface area contributed by atoms with Gasteiger partial charge in [-0.25, -0.2) is 0 Å². The molecule has 0 aliphatic rings. The number of nitrogen functional groups attached to an aromatic ring is 1. The number of hydrogen-bond donors (Lipinski definition) is 23. The molecule has 0 saturated heterocycles. The van der Waals surface area contributed by atoms with Crippen LogP contribution in [0.4, 0.5) is 11.4 Å². The SMILES string of the molecule is NCCCCC(NC(=O)C(CCCN=C(N)N)NC(=O)C(CCCN=C(N)N)NC(=O)C(CCCN=C(N)N)NC(=O)C(CCCN=C(N)N)NC(=O)C(CCCN=C(N)N)NC(=O)C(CCCN=C(N)N)NC(=O)CCCCCNC(=O)c1ccc(N)c(N=S)c1)C(N)=O. The fourth-order valence-electron chi connectivity index (χ4n) is 8.97. The molecular formula is C55H102N30O9S. The number of nitrogens with one attached hydrogen (secondary N) is 8. The Hall–Kier alpha value is -10.2. The van der Waals surface area contributed by atoms with E-state index in [1.807, 2.05) is 0 Å². The van der Waals surface area contributed by atoms with Gasteiger partial charge in [0.1, 0.15) is 48.0 Å². The number of primary amides is 1. The first-order valence-corrected chi connectivity index (χ1v) is 31.4. The van der Waals surface area contributed by atoms with Crippen LogP contribution in [0.25, 0.3) is 0 Å². The third-order valence-corrected chi connectivity index (χ3v) is 14.0. The molecular weight excluding hydrogens is 1260 g/mol. The average molecular weight is 1360 g/mol. The molecule has 95 heavy (non-hydrogen) atoms. The van der Waals surface area contributed by atoms with Gasteiger partial charge in [0.15, 0.2) is 35.8 Å². The molecule has 9 amide bonds. The summed E-state index contributed by atoms with van der Waals surface area (Å²) in [6.07, 6.45) is 2.51. The summed E-state index contributed by atoms with van der Waals surface area (Å²) in [4.78, 5) is 149. The van der Waals surface area contributed by atoms with Crippen molar-refractivity contribution >= 4 is 113 Å². The van der Waals surface area contributed by atoms with E-state index in [1.165, 1.54) is 18.2 Å². The summed E-state index contributed by atoms with van der Waals surface area (Å²) in [5.74, 6) is -8.40. The highest BCUT2D eigenvalue weighted by molar-refractivity contribution is 7.47. The summed E-state index contributed by atoms with van der Waals surface area (Å²) in [7, 11) is 0. The number of unbranched alkanes of at least 4 members (excludes halogenated alkanes) is 3. The predicted octanol–water partition coefficient (Wildman–Crippen LogP) is -7.75. The predicted molar refractivity (Wildman–Crippen MR) is 366 cm³/mol. The molecule has 0 spiro atoms. The van der Waals surface area contributed by atoms with Crippen molar-refractivity contribution in [3.05, 3.63) is 23.8 Å². The molecule has 39 nitrogen and oxygen atoms in total. The molecule has 0 heterocycles. The Morgan fingerprint density at radius 1 is 0.379 bits per heavy atom. The highest BCUT2D eigenvalue weighted by Gasteiger charge is 2.34. The van der Waals surface area contributed by atoms with E-state index < -0.39 is 89.6 Å². The number of rotatable bonds is 50. The Morgan fingerprint density at radius 2 is 0.684 bits per heavy atom. The van der Waals surface area contributed by atoms with E-state index in [0.29, 0.717) is 55.6 Å². The van der Waals surface area contributed by atoms with Crippen LogP contribution >= 0.6 is 0 Å². The summed E-state index contributed by atoms with van der Waals surface area (Å²) in [5, 5.41) is 21.5. The highest BCUT2D eigenvalue weighted by Crippen LogP contribution is 2.23. The number of benzene rings is 1. The second kappa shape index (κ2) is 47.7. The van der Waals surface area contributed by atoms with Crippen LogP contribution in [0.2, 0.25) is 0 Å². The normalized spacial score (nSPS) is 12.9. The van der Waals surface area contributed by atoms with Crippen molar-refractivity contribution in [1.82, 2.24) is 42.5 Å². The first kappa shape index (κ1) is 82.9. The number of amides is 9. The maximum atomic E-state index is 14.7. The summed E-state index contributed by atoms with van der Waals surface area (Å²) >= 11 is 4.73. The second-order valence-electron chi connectivity index (χ2n) is 21.8. The zero-order valence-electron chi connectivity index (χ0n) is 53.7. The van der Waals surface area contributed by atoms with Gasteiger partial charge in [-0.15, -0.1) is 0 Å². The first-order chi connectivity index (χ1) is 45.1. The summed E-state index contributed by atoms with van der Waals surface area (Å²) in [6.45, 7) is 0.659. The standard InChI is InChI=1S/C55H102N30O9S/c56-22-4-3-12-33(42(58)87)79-45(90)35(14-7-25-73-51(61)62)81-47(92)37(16-9-27-75-53(65)66)83-49(94)39(18-11-29-77-55(69)70)84-48(93)38(17-10-28-76-54(67)68)82-46(91)36(15-8-26-74-52(63)64)80-44(89)34(13-6-24-72-50(59)60)78-41(86)19-2-1-5-23-71-43(88)31-20-21-32(57)40(30-31)85-95/h20-21,30,33-39H,1-19,22-29,56-57H2,(H2,58,87)(H,71,88)(H,78,86)(H,79,90)(H,80,89)(H,81,92)(H,82,91)(H,83,94)(H,84,93)(H4,59,60,72)(H4,61,62,73)(H4,63,64,74)(H4,65,66,75)(H4,67,68,76)(H4,69,70,77). The molecule has 1 aromatic rings. The highest BCUT2D eigenvalue weighted by atomic mass is 32.1. The van der Waals surface area contributed by atoms with E-state index in [-0.39, 0.29) is 177 Å². The molecule has 1 rings (SSSR count). The van der Waals surface area contributed by atoms with Gasteiger partial charge < -0.3 is 129 Å². The van der Waals surface area contributed by atoms with Gasteiger partial charge in [-0.2, -0.15) is 4.36 Å². The lowest BCUT2D eigenvalue weighted by Crippen LogP contribution is -2.60. The van der Waals surface area contributed by atoms with E-state index in [0.717, 1.165) is 0 Å².